The Morgan fingerprint density at radius 1 is 1.30 bits per heavy atom. The molecule has 1 aliphatic rings. The summed E-state index contributed by atoms with van der Waals surface area (Å²) >= 11 is 0. The summed E-state index contributed by atoms with van der Waals surface area (Å²) in [4.78, 5) is 11.6. The lowest BCUT2D eigenvalue weighted by Gasteiger charge is -2.13. The van der Waals surface area contributed by atoms with Crippen LogP contribution in [0.2, 0.25) is 0 Å². The molecule has 1 amide bonds. The fourth-order valence-electron chi connectivity index (χ4n) is 2.01. The largest absolute Gasteiger partial charge is 0.445 e. The van der Waals surface area contributed by atoms with Crippen molar-refractivity contribution < 1.29 is 17.9 Å². The molecule has 0 saturated carbocycles. The van der Waals surface area contributed by atoms with Crippen LogP contribution in [0.3, 0.4) is 0 Å². The summed E-state index contributed by atoms with van der Waals surface area (Å²) in [5, 5.41) is 2.11. The second-order valence-corrected chi connectivity index (χ2v) is 7.07. The van der Waals surface area contributed by atoms with Gasteiger partial charge in [-0.3, -0.25) is 0 Å². The van der Waals surface area contributed by atoms with Crippen LogP contribution in [0, 0.1) is 0 Å². The number of hydrogen-bond acceptors (Lipinski definition) is 4. The van der Waals surface area contributed by atoms with Crippen LogP contribution in [0.25, 0.3) is 0 Å². The smallest absolute Gasteiger partial charge is 0.407 e. The van der Waals surface area contributed by atoms with Crippen LogP contribution in [0.15, 0.2) is 42.5 Å². The van der Waals surface area contributed by atoms with Crippen LogP contribution in [0.1, 0.15) is 12.0 Å². The van der Waals surface area contributed by atoms with Gasteiger partial charge in [-0.2, -0.15) is 0 Å². The van der Waals surface area contributed by atoms with Crippen molar-refractivity contribution in [2.75, 3.05) is 6.26 Å². The SMILES string of the molecule is CS(=O)(=O)[C@H]1C=C[C@@H](NC(=O)OCc2ccccc2)C1. The highest BCUT2D eigenvalue weighted by Gasteiger charge is 2.27. The lowest BCUT2D eigenvalue weighted by atomic mass is 10.2. The van der Waals surface area contributed by atoms with E-state index < -0.39 is 21.2 Å². The zero-order valence-electron chi connectivity index (χ0n) is 11.2. The highest BCUT2D eigenvalue weighted by Crippen LogP contribution is 2.17. The van der Waals surface area contributed by atoms with E-state index in [1.807, 2.05) is 30.3 Å². The van der Waals surface area contributed by atoms with Gasteiger partial charge in [0.25, 0.3) is 0 Å². The van der Waals surface area contributed by atoms with Crippen molar-refractivity contribution in [3.63, 3.8) is 0 Å². The average molecular weight is 295 g/mol. The molecule has 0 saturated heterocycles. The molecule has 1 N–H and O–H groups in total. The van der Waals surface area contributed by atoms with Crippen molar-refractivity contribution in [2.45, 2.75) is 24.3 Å². The van der Waals surface area contributed by atoms with E-state index in [-0.39, 0.29) is 12.6 Å². The summed E-state index contributed by atoms with van der Waals surface area (Å²) in [5.41, 5.74) is 0.902. The van der Waals surface area contributed by atoms with Gasteiger partial charge in [-0.25, -0.2) is 13.2 Å². The summed E-state index contributed by atoms with van der Waals surface area (Å²) in [7, 11) is -3.11. The van der Waals surface area contributed by atoms with Gasteiger partial charge in [0, 0.05) is 6.26 Å². The van der Waals surface area contributed by atoms with E-state index in [4.69, 9.17) is 4.74 Å². The fraction of sp³-hybridized carbons (Fsp3) is 0.357. The molecule has 2 atom stereocenters. The molecular weight excluding hydrogens is 278 g/mol. The molecule has 0 radical (unpaired) electrons. The summed E-state index contributed by atoms with van der Waals surface area (Å²) in [6.07, 6.45) is 4.31. The van der Waals surface area contributed by atoms with Gasteiger partial charge in [0.15, 0.2) is 9.84 Å². The first-order chi connectivity index (χ1) is 9.45. The number of sulfone groups is 1. The first kappa shape index (κ1) is 14.6. The maximum Gasteiger partial charge on any atom is 0.407 e. The number of carbonyl (C=O) groups is 1. The molecule has 6 heteroatoms. The number of hydrogen-bond donors (Lipinski definition) is 1. The molecule has 0 heterocycles. The Hall–Kier alpha value is -1.82. The highest BCUT2D eigenvalue weighted by atomic mass is 32.2. The highest BCUT2D eigenvalue weighted by molar-refractivity contribution is 7.91. The molecule has 2 rings (SSSR count). The molecule has 0 spiro atoms. The number of alkyl carbamates (subject to hydrolysis) is 1. The van der Waals surface area contributed by atoms with Crippen LogP contribution in [0.5, 0.6) is 0 Å². The van der Waals surface area contributed by atoms with Gasteiger partial charge in [0.1, 0.15) is 6.61 Å². The van der Waals surface area contributed by atoms with Crippen molar-refractivity contribution in [2.24, 2.45) is 0 Å². The predicted molar refractivity (Wildman–Crippen MR) is 75.9 cm³/mol. The third-order valence-electron chi connectivity index (χ3n) is 3.11. The number of benzene rings is 1. The Bertz CT molecular complexity index is 595. The zero-order chi connectivity index (χ0) is 14.6. The molecular formula is C14H17NO4S. The third-order valence-corrected chi connectivity index (χ3v) is 4.56. The summed E-state index contributed by atoms with van der Waals surface area (Å²) in [6.45, 7) is 0.193. The van der Waals surface area contributed by atoms with Crippen molar-refractivity contribution in [1.82, 2.24) is 5.32 Å². The van der Waals surface area contributed by atoms with E-state index in [1.54, 1.807) is 12.2 Å². The van der Waals surface area contributed by atoms with E-state index in [0.29, 0.717) is 6.42 Å². The Morgan fingerprint density at radius 2 is 2.00 bits per heavy atom. The molecule has 1 aromatic carbocycles. The topological polar surface area (TPSA) is 72.5 Å². The Morgan fingerprint density at radius 3 is 2.60 bits per heavy atom. The van der Waals surface area contributed by atoms with Crippen LogP contribution in [-0.2, 0) is 21.2 Å². The van der Waals surface area contributed by atoms with Crippen LogP contribution < -0.4 is 5.32 Å². The molecule has 108 valence electrons. The normalized spacial score (nSPS) is 21.6. The van der Waals surface area contributed by atoms with Crippen molar-refractivity contribution in [3.8, 4) is 0 Å². The molecule has 1 aliphatic carbocycles. The quantitative estimate of drug-likeness (QED) is 0.857. The number of rotatable bonds is 4. The lowest BCUT2D eigenvalue weighted by Crippen LogP contribution is -2.34. The lowest BCUT2D eigenvalue weighted by molar-refractivity contribution is 0.137. The van der Waals surface area contributed by atoms with Gasteiger partial charge in [-0.05, 0) is 12.0 Å². The van der Waals surface area contributed by atoms with Crippen molar-refractivity contribution in [3.05, 3.63) is 48.0 Å². The molecule has 0 unspecified atom stereocenters. The van der Waals surface area contributed by atoms with E-state index in [0.717, 1.165) is 5.56 Å². The maximum atomic E-state index is 11.6. The van der Waals surface area contributed by atoms with E-state index in [1.165, 1.54) is 6.26 Å². The number of amides is 1. The minimum Gasteiger partial charge on any atom is -0.445 e. The van der Waals surface area contributed by atoms with E-state index in [2.05, 4.69) is 5.32 Å². The minimum atomic E-state index is -3.11. The molecule has 0 fully saturated rings. The zero-order valence-corrected chi connectivity index (χ0v) is 12.0. The third kappa shape index (κ3) is 4.09. The number of carbonyl (C=O) groups excluding carboxylic acids is 1. The molecule has 0 aliphatic heterocycles. The van der Waals surface area contributed by atoms with E-state index in [9.17, 15) is 13.2 Å². The number of nitrogens with one attached hydrogen (secondary N) is 1. The summed E-state index contributed by atoms with van der Waals surface area (Å²) in [5.74, 6) is 0. The Kier molecular flexibility index (Phi) is 4.44. The molecule has 0 aromatic heterocycles. The van der Waals surface area contributed by atoms with Crippen LogP contribution in [-0.4, -0.2) is 32.1 Å². The van der Waals surface area contributed by atoms with Gasteiger partial charge in [-0.1, -0.05) is 42.5 Å². The first-order valence-electron chi connectivity index (χ1n) is 6.29. The van der Waals surface area contributed by atoms with Crippen LogP contribution >= 0.6 is 0 Å². The standard InChI is InChI=1S/C14H17NO4S/c1-20(17,18)13-8-7-12(9-13)15-14(16)19-10-11-5-3-2-4-6-11/h2-8,12-13H,9-10H2,1H3,(H,15,16)/t12-,13+/m1/s1. The van der Waals surface area contributed by atoms with E-state index >= 15 is 0 Å². The fourth-order valence-corrected chi connectivity index (χ4v) is 2.94. The average Bonchev–Trinajstić information content (AvgIpc) is 2.86. The molecule has 20 heavy (non-hydrogen) atoms. The summed E-state index contributed by atoms with van der Waals surface area (Å²) < 4.78 is 27.8. The van der Waals surface area contributed by atoms with Crippen molar-refractivity contribution in [1.29, 1.82) is 0 Å². The molecule has 0 bridgehead atoms. The molecule has 5 nitrogen and oxygen atoms in total. The minimum absolute atomic E-state index is 0.193. The van der Waals surface area contributed by atoms with Crippen LogP contribution in [0.4, 0.5) is 4.79 Å². The van der Waals surface area contributed by atoms with Gasteiger partial charge >= 0.3 is 6.09 Å². The van der Waals surface area contributed by atoms with Crippen molar-refractivity contribution >= 4 is 15.9 Å². The number of ether oxygens (including phenoxy) is 1. The monoisotopic (exact) mass is 295 g/mol. The Labute approximate surface area is 118 Å². The Balaban J connectivity index is 1.78. The molecule has 1 aromatic rings. The maximum absolute atomic E-state index is 11.6. The van der Waals surface area contributed by atoms with Gasteiger partial charge in [-0.15, -0.1) is 0 Å². The second kappa shape index (κ2) is 6.09. The van der Waals surface area contributed by atoms with Gasteiger partial charge in [0.2, 0.25) is 0 Å². The predicted octanol–water partition coefficient (Wildman–Crippen LogP) is 1.65. The second-order valence-electron chi connectivity index (χ2n) is 4.80. The summed E-state index contributed by atoms with van der Waals surface area (Å²) in [6, 6.07) is 9.06. The van der Waals surface area contributed by atoms with Gasteiger partial charge < -0.3 is 10.1 Å². The first-order valence-corrected chi connectivity index (χ1v) is 8.25. The van der Waals surface area contributed by atoms with Gasteiger partial charge in [0.05, 0.1) is 11.3 Å².